The highest BCUT2D eigenvalue weighted by Crippen LogP contribution is 2.31. The van der Waals surface area contributed by atoms with Crippen LogP contribution < -0.4 is 4.72 Å². The summed E-state index contributed by atoms with van der Waals surface area (Å²) in [5.74, 6) is -0.564. The second-order valence-electron chi connectivity index (χ2n) is 8.02. The van der Waals surface area contributed by atoms with Crippen molar-refractivity contribution in [2.75, 3.05) is 0 Å². The molecule has 1 amide bonds. The van der Waals surface area contributed by atoms with Gasteiger partial charge in [-0.3, -0.25) is 9.52 Å². The van der Waals surface area contributed by atoms with E-state index in [2.05, 4.69) is 4.72 Å². The van der Waals surface area contributed by atoms with Crippen molar-refractivity contribution in [1.29, 1.82) is 0 Å². The van der Waals surface area contributed by atoms with Crippen LogP contribution in [0.25, 0.3) is 0 Å². The van der Waals surface area contributed by atoms with Crippen LogP contribution in [0.3, 0.4) is 0 Å². The first-order chi connectivity index (χ1) is 12.9. The Bertz CT molecular complexity index is 853. The standard InChI is InChI=1S/C21H28FNO3S2/c1-12(2)15-9-14(22)10-16(13(3)4)17(15)11-19(24)23-28(26)20-8-7-18(27-20)21(5,6)25/h7-10,12-13,25H,11H2,1-6H3,(H,23,24). The molecule has 1 atom stereocenters. The van der Waals surface area contributed by atoms with Crippen molar-refractivity contribution in [3.63, 3.8) is 0 Å². The van der Waals surface area contributed by atoms with Gasteiger partial charge >= 0.3 is 0 Å². The molecular weight excluding hydrogens is 397 g/mol. The molecule has 7 heteroatoms. The number of amides is 1. The molecule has 2 N–H and O–H groups in total. The molecule has 1 aromatic carbocycles. The van der Waals surface area contributed by atoms with Gasteiger partial charge in [0.1, 0.15) is 10.0 Å². The molecule has 0 radical (unpaired) electrons. The van der Waals surface area contributed by atoms with Gasteiger partial charge < -0.3 is 5.11 Å². The van der Waals surface area contributed by atoms with Crippen molar-refractivity contribution >= 4 is 28.2 Å². The Morgan fingerprint density at radius 2 is 1.71 bits per heavy atom. The Morgan fingerprint density at radius 3 is 2.14 bits per heavy atom. The van der Waals surface area contributed by atoms with Gasteiger partial charge in [-0.15, -0.1) is 11.3 Å². The summed E-state index contributed by atoms with van der Waals surface area (Å²) in [7, 11) is -1.71. The van der Waals surface area contributed by atoms with Crippen LogP contribution in [0.1, 0.15) is 74.9 Å². The van der Waals surface area contributed by atoms with E-state index >= 15 is 0 Å². The van der Waals surface area contributed by atoms with Gasteiger partial charge in [0, 0.05) is 4.88 Å². The lowest BCUT2D eigenvalue weighted by molar-refractivity contribution is -0.118. The fourth-order valence-corrected chi connectivity index (χ4v) is 5.02. The van der Waals surface area contributed by atoms with Gasteiger partial charge in [0.05, 0.1) is 12.0 Å². The fourth-order valence-electron chi connectivity index (χ4n) is 3.01. The van der Waals surface area contributed by atoms with Crippen LogP contribution in [0.5, 0.6) is 0 Å². The fraction of sp³-hybridized carbons (Fsp3) is 0.476. The molecule has 0 aliphatic rings. The lowest BCUT2D eigenvalue weighted by atomic mass is 9.87. The molecule has 4 nitrogen and oxygen atoms in total. The summed E-state index contributed by atoms with van der Waals surface area (Å²) in [6.45, 7) is 11.1. The molecule has 0 aliphatic heterocycles. The van der Waals surface area contributed by atoms with Crippen LogP contribution in [0.15, 0.2) is 28.5 Å². The molecule has 2 rings (SSSR count). The minimum Gasteiger partial charge on any atom is -0.385 e. The molecular formula is C21H28FNO3S2. The highest BCUT2D eigenvalue weighted by atomic mass is 32.2. The maximum absolute atomic E-state index is 14.0. The topological polar surface area (TPSA) is 66.4 Å². The van der Waals surface area contributed by atoms with Crippen LogP contribution in [0.4, 0.5) is 4.39 Å². The number of aliphatic hydroxyl groups is 1. The number of carbonyl (C=O) groups is 1. The van der Waals surface area contributed by atoms with E-state index in [1.165, 1.54) is 23.5 Å². The second-order valence-corrected chi connectivity index (χ2v) is 10.5. The molecule has 28 heavy (non-hydrogen) atoms. The average molecular weight is 426 g/mol. The number of hydrogen-bond donors (Lipinski definition) is 2. The molecule has 0 saturated heterocycles. The van der Waals surface area contributed by atoms with Crippen LogP contribution in [0, 0.1) is 5.82 Å². The van der Waals surface area contributed by atoms with E-state index in [1.54, 1.807) is 26.0 Å². The normalized spacial score (nSPS) is 13.2. The predicted molar refractivity (Wildman–Crippen MR) is 112 cm³/mol. The summed E-state index contributed by atoms with van der Waals surface area (Å²) in [6.07, 6.45) is 0.0385. The summed E-state index contributed by atoms with van der Waals surface area (Å²) in [4.78, 5) is 13.3. The number of halogens is 1. The molecule has 154 valence electrons. The van der Waals surface area contributed by atoms with E-state index in [1.807, 2.05) is 27.7 Å². The highest BCUT2D eigenvalue weighted by Gasteiger charge is 2.22. The molecule has 0 aliphatic carbocycles. The maximum atomic E-state index is 14.0. The van der Waals surface area contributed by atoms with Gasteiger partial charge in [0.25, 0.3) is 0 Å². The number of thiophene rings is 1. The summed E-state index contributed by atoms with van der Waals surface area (Å²) < 4.78 is 29.5. The quantitative estimate of drug-likeness (QED) is 0.673. The van der Waals surface area contributed by atoms with Crippen molar-refractivity contribution in [2.45, 2.75) is 69.6 Å². The number of hydrogen-bond acceptors (Lipinski definition) is 4. The average Bonchev–Trinajstić information content (AvgIpc) is 3.06. The molecule has 1 unspecified atom stereocenters. The van der Waals surface area contributed by atoms with Gasteiger partial charge in [-0.05, 0) is 66.6 Å². The molecule has 0 fully saturated rings. The summed E-state index contributed by atoms with van der Waals surface area (Å²) in [5.41, 5.74) is 1.36. The largest absolute Gasteiger partial charge is 0.385 e. The Kier molecular flexibility index (Phi) is 7.17. The Balaban J connectivity index is 2.23. The molecule has 1 aromatic heterocycles. The monoisotopic (exact) mass is 425 g/mol. The number of carbonyl (C=O) groups excluding carboxylic acids is 1. The van der Waals surface area contributed by atoms with Crippen LogP contribution in [-0.2, 0) is 27.8 Å². The van der Waals surface area contributed by atoms with Crippen molar-refractivity contribution in [3.8, 4) is 0 Å². The third-order valence-electron chi connectivity index (χ3n) is 4.44. The zero-order valence-electron chi connectivity index (χ0n) is 17.1. The molecule has 1 heterocycles. The van der Waals surface area contributed by atoms with Crippen molar-refractivity contribution in [2.24, 2.45) is 0 Å². The van der Waals surface area contributed by atoms with E-state index in [-0.39, 0.29) is 30.0 Å². The summed E-state index contributed by atoms with van der Waals surface area (Å²) >= 11 is 1.20. The zero-order chi connectivity index (χ0) is 21.2. The van der Waals surface area contributed by atoms with E-state index in [0.29, 0.717) is 9.09 Å². The first-order valence-electron chi connectivity index (χ1n) is 9.26. The molecule has 0 spiro atoms. The third-order valence-corrected chi connectivity index (χ3v) is 7.25. The SMILES string of the molecule is CC(C)c1cc(F)cc(C(C)C)c1CC(=O)NS(=O)c1ccc(C(C)(C)O)s1. The van der Waals surface area contributed by atoms with Crippen LogP contribution in [-0.4, -0.2) is 15.2 Å². The highest BCUT2D eigenvalue weighted by molar-refractivity contribution is 7.86. The second kappa shape index (κ2) is 8.84. The van der Waals surface area contributed by atoms with Gasteiger partial charge in [-0.2, -0.15) is 0 Å². The minimum atomic E-state index is -1.71. The number of nitrogens with one attached hydrogen (secondary N) is 1. The third kappa shape index (κ3) is 5.49. The maximum Gasteiger partial charge on any atom is 0.236 e. The predicted octanol–water partition coefficient (Wildman–Crippen LogP) is 4.74. The van der Waals surface area contributed by atoms with Crippen molar-refractivity contribution in [1.82, 2.24) is 4.72 Å². The number of benzene rings is 1. The lowest BCUT2D eigenvalue weighted by Crippen LogP contribution is -2.28. The summed E-state index contributed by atoms with van der Waals surface area (Å²) in [6, 6.07) is 6.30. The van der Waals surface area contributed by atoms with Gasteiger partial charge in [0.2, 0.25) is 5.91 Å². The van der Waals surface area contributed by atoms with E-state index in [4.69, 9.17) is 0 Å². The molecule has 2 aromatic rings. The summed E-state index contributed by atoms with van der Waals surface area (Å²) in [5, 5.41) is 10.0. The van der Waals surface area contributed by atoms with E-state index in [9.17, 15) is 18.5 Å². The Morgan fingerprint density at radius 1 is 1.18 bits per heavy atom. The Labute approximate surface area is 172 Å². The molecule has 0 bridgehead atoms. The van der Waals surface area contributed by atoms with Crippen molar-refractivity contribution in [3.05, 3.63) is 51.7 Å². The van der Waals surface area contributed by atoms with E-state index < -0.39 is 16.6 Å². The van der Waals surface area contributed by atoms with Gasteiger partial charge in [0.15, 0.2) is 11.0 Å². The van der Waals surface area contributed by atoms with Crippen LogP contribution >= 0.6 is 11.3 Å². The minimum absolute atomic E-state index is 0.0385. The van der Waals surface area contributed by atoms with Gasteiger partial charge in [-0.25, -0.2) is 8.60 Å². The number of rotatable bonds is 7. The zero-order valence-corrected chi connectivity index (χ0v) is 18.8. The first-order valence-corrected chi connectivity index (χ1v) is 11.2. The smallest absolute Gasteiger partial charge is 0.236 e. The Hall–Kier alpha value is -1.57. The van der Waals surface area contributed by atoms with Gasteiger partial charge in [-0.1, -0.05) is 27.7 Å². The van der Waals surface area contributed by atoms with E-state index in [0.717, 1.165) is 16.7 Å². The van der Waals surface area contributed by atoms with Crippen LogP contribution in [0.2, 0.25) is 0 Å². The lowest BCUT2D eigenvalue weighted by Gasteiger charge is -2.19. The molecule has 0 saturated carbocycles. The first kappa shape index (κ1) is 22.7. The van der Waals surface area contributed by atoms with Crippen molar-refractivity contribution < 1.29 is 18.5 Å².